The van der Waals surface area contributed by atoms with Gasteiger partial charge < -0.3 is 5.11 Å². The smallest absolute Gasteiger partial charge is 0.315 e. The molecule has 0 aliphatic rings. The zero-order valence-corrected chi connectivity index (χ0v) is 7.25. The molecule has 0 saturated carbocycles. The normalized spacial score (nSPS) is 8.69. The average molecular weight is 197 g/mol. The molecule has 0 bridgehead atoms. The molecule has 0 saturated heterocycles. The van der Waals surface area contributed by atoms with Crippen LogP contribution in [-0.2, 0) is 4.79 Å². The minimum absolute atomic E-state index is 0.204. The first-order chi connectivity index (χ1) is 6.18. The van der Waals surface area contributed by atoms with Crippen LogP contribution in [0.25, 0.3) is 0 Å². The highest BCUT2D eigenvalue weighted by Gasteiger charge is 1.91. The molecule has 0 amide bonds. The lowest BCUT2D eigenvalue weighted by Gasteiger charge is -1.87. The lowest BCUT2D eigenvalue weighted by atomic mass is 10.3. The third-order valence-corrected chi connectivity index (χ3v) is 1.29. The molecule has 1 aromatic heterocycles. The lowest BCUT2D eigenvalue weighted by Crippen LogP contribution is -1.91. The zero-order chi connectivity index (χ0) is 9.68. The second kappa shape index (κ2) is 4.43. The second-order valence-electron chi connectivity index (χ2n) is 2.11. The Morgan fingerprint density at radius 3 is 2.85 bits per heavy atom. The van der Waals surface area contributed by atoms with Gasteiger partial charge in [-0.15, -0.1) is 10.2 Å². The molecule has 0 spiro atoms. The van der Waals surface area contributed by atoms with Crippen molar-refractivity contribution in [1.29, 1.82) is 0 Å². The molecule has 0 aliphatic carbocycles. The van der Waals surface area contributed by atoms with E-state index in [9.17, 15) is 4.79 Å². The molecule has 1 N–H and O–H groups in total. The fourth-order valence-electron chi connectivity index (χ4n) is 0.593. The Bertz CT molecular complexity index is 364. The summed E-state index contributed by atoms with van der Waals surface area (Å²) < 4.78 is 0. The van der Waals surface area contributed by atoms with Gasteiger partial charge >= 0.3 is 5.97 Å². The Hall–Kier alpha value is -1.60. The Morgan fingerprint density at radius 1 is 1.54 bits per heavy atom. The van der Waals surface area contributed by atoms with Crippen molar-refractivity contribution in [1.82, 2.24) is 10.2 Å². The van der Waals surface area contributed by atoms with Crippen LogP contribution in [0.3, 0.4) is 0 Å². The maximum absolute atomic E-state index is 10.1. The monoisotopic (exact) mass is 196 g/mol. The molecule has 4 nitrogen and oxygen atoms in total. The number of hydrogen-bond donors (Lipinski definition) is 1. The predicted molar refractivity (Wildman–Crippen MR) is 46.2 cm³/mol. The molecule has 0 aliphatic heterocycles. The Labute approximate surface area is 79.6 Å². The number of aliphatic carboxylic acids is 1. The lowest BCUT2D eigenvalue weighted by molar-refractivity contribution is -0.135. The van der Waals surface area contributed by atoms with E-state index >= 15 is 0 Å². The van der Waals surface area contributed by atoms with Gasteiger partial charge in [0.2, 0.25) is 0 Å². The summed E-state index contributed by atoms with van der Waals surface area (Å²) >= 11 is 5.48. The molecular weight excluding hydrogens is 192 g/mol. The summed E-state index contributed by atoms with van der Waals surface area (Å²) in [6.07, 6.45) is -0.204. The van der Waals surface area contributed by atoms with Gasteiger partial charge in [-0.1, -0.05) is 17.5 Å². The van der Waals surface area contributed by atoms with Crippen molar-refractivity contribution in [3.63, 3.8) is 0 Å². The Morgan fingerprint density at radius 2 is 2.31 bits per heavy atom. The van der Waals surface area contributed by atoms with Gasteiger partial charge in [0.25, 0.3) is 0 Å². The summed E-state index contributed by atoms with van der Waals surface area (Å²) in [4.78, 5) is 10.1. The van der Waals surface area contributed by atoms with Crippen molar-refractivity contribution in [2.24, 2.45) is 0 Å². The largest absolute Gasteiger partial charge is 0.481 e. The zero-order valence-electron chi connectivity index (χ0n) is 6.49. The number of halogens is 1. The van der Waals surface area contributed by atoms with Crippen molar-refractivity contribution in [2.75, 3.05) is 0 Å². The van der Waals surface area contributed by atoms with Crippen molar-refractivity contribution in [3.05, 3.63) is 23.0 Å². The predicted octanol–water partition coefficient (Wildman–Crippen LogP) is 0.956. The van der Waals surface area contributed by atoms with Crippen molar-refractivity contribution >= 4 is 17.6 Å². The third kappa shape index (κ3) is 3.54. The summed E-state index contributed by atoms with van der Waals surface area (Å²) in [5.74, 6) is 4.00. The van der Waals surface area contributed by atoms with E-state index in [1.54, 1.807) is 12.1 Å². The summed E-state index contributed by atoms with van der Waals surface area (Å²) in [7, 11) is 0. The van der Waals surface area contributed by atoms with Crippen LogP contribution in [0.1, 0.15) is 12.1 Å². The molecule has 5 heteroatoms. The van der Waals surface area contributed by atoms with Crippen LogP contribution in [0.5, 0.6) is 0 Å². The highest BCUT2D eigenvalue weighted by molar-refractivity contribution is 6.29. The van der Waals surface area contributed by atoms with Crippen molar-refractivity contribution in [3.8, 4) is 11.8 Å². The van der Waals surface area contributed by atoms with E-state index in [0.29, 0.717) is 5.69 Å². The summed E-state index contributed by atoms with van der Waals surface area (Å²) in [5.41, 5.74) is 0.408. The molecule has 1 heterocycles. The summed E-state index contributed by atoms with van der Waals surface area (Å²) in [6.45, 7) is 0. The maximum Gasteiger partial charge on any atom is 0.315 e. The molecule has 0 atom stereocenters. The van der Waals surface area contributed by atoms with Crippen molar-refractivity contribution in [2.45, 2.75) is 6.42 Å². The molecule has 1 rings (SSSR count). The maximum atomic E-state index is 10.1. The van der Waals surface area contributed by atoms with Crippen molar-refractivity contribution < 1.29 is 9.90 Å². The standard InChI is InChI=1S/C8H5ClN2O2/c9-7-5-4-6(10-11-7)2-1-3-8(12)13/h4-5H,3H2,(H,12,13). The fourth-order valence-corrected chi connectivity index (χ4v) is 0.694. The number of carboxylic acid groups (broad SMARTS) is 1. The number of carboxylic acids is 1. The van der Waals surface area contributed by atoms with Gasteiger partial charge in [-0.3, -0.25) is 4.79 Å². The van der Waals surface area contributed by atoms with Gasteiger partial charge in [0.05, 0.1) is 0 Å². The average Bonchev–Trinajstić information content (AvgIpc) is 2.08. The number of hydrogen-bond acceptors (Lipinski definition) is 3. The summed E-state index contributed by atoms with van der Waals surface area (Å²) in [5, 5.41) is 15.7. The van der Waals surface area contributed by atoms with Gasteiger partial charge in [-0.25, -0.2) is 0 Å². The molecule has 1 aromatic rings. The van der Waals surface area contributed by atoms with Gasteiger partial charge in [0.15, 0.2) is 5.15 Å². The van der Waals surface area contributed by atoms with Gasteiger partial charge in [-0.05, 0) is 18.1 Å². The minimum Gasteiger partial charge on any atom is -0.481 e. The molecule has 0 radical (unpaired) electrons. The molecule has 0 unspecified atom stereocenters. The molecule has 0 fully saturated rings. The van der Waals surface area contributed by atoms with E-state index in [0.717, 1.165) is 0 Å². The van der Waals surface area contributed by atoms with Crippen LogP contribution in [0, 0.1) is 11.8 Å². The number of rotatable bonds is 1. The van der Waals surface area contributed by atoms with E-state index in [4.69, 9.17) is 16.7 Å². The van der Waals surface area contributed by atoms with E-state index in [1.807, 2.05) is 0 Å². The van der Waals surface area contributed by atoms with Crippen LogP contribution in [0.4, 0.5) is 0 Å². The topological polar surface area (TPSA) is 63.1 Å². The first-order valence-corrected chi connectivity index (χ1v) is 3.76. The third-order valence-electron chi connectivity index (χ3n) is 1.09. The van der Waals surface area contributed by atoms with E-state index in [1.165, 1.54) is 0 Å². The molecule has 66 valence electrons. The fraction of sp³-hybridized carbons (Fsp3) is 0.125. The van der Waals surface area contributed by atoms with Crippen LogP contribution < -0.4 is 0 Å². The Balaban J connectivity index is 2.67. The molecular formula is C8H5ClN2O2. The number of nitrogens with zero attached hydrogens (tertiary/aromatic N) is 2. The van der Waals surface area contributed by atoms with Crippen LogP contribution >= 0.6 is 11.6 Å². The quantitative estimate of drug-likeness (QED) is 0.680. The first kappa shape index (κ1) is 9.49. The molecule has 13 heavy (non-hydrogen) atoms. The van der Waals surface area contributed by atoms with E-state index in [2.05, 4.69) is 22.0 Å². The SMILES string of the molecule is O=C(O)CC#Cc1ccc(Cl)nn1. The highest BCUT2D eigenvalue weighted by atomic mass is 35.5. The minimum atomic E-state index is -0.963. The van der Waals surface area contributed by atoms with E-state index in [-0.39, 0.29) is 11.6 Å². The highest BCUT2D eigenvalue weighted by Crippen LogP contribution is 2.00. The molecule has 0 aromatic carbocycles. The van der Waals surface area contributed by atoms with E-state index < -0.39 is 5.97 Å². The summed E-state index contributed by atoms with van der Waals surface area (Å²) in [6, 6.07) is 3.11. The Kier molecular flexibility index (Phi) is 3.23. The first-order valence-electron chi connectivity index (χ1n) is 3.38. The van der Waals surface area contributed by atoms with Crippen LogP contribution in [0.15, 0.2) is 12.1 Å². The van der Waals surface area contributed by atoms with Crippen LogP contribution in [-0.4, -0.2) is 21.3 Å². The van der Waals surface area contributed by atoms with Gasteiger partial charge in [-0.2, -0.15) is 0 Å². The van der Waals surface area contributed by atoms with Gasteiger partial charge in [0.1, 0.15) is 12.1 Å². The number of aromatic nitrogens is 2. The van der Waals surface area contributed by atoms with Gasteiger partial charge in [0, 0.05) is 0 Å². The number of carbonyl (C=O) groups is 1. The van der Waals surface area contributed by atoms with Crippen LogP contribution in [0.2, 0.25) is 5.15 Å². The second-order valence-corrected chi connectivity index (χ2v) is 2.50.